The fourth-order valence-corrected chi connectivity index (χ4v) is 2.20. The Balaban J connectivity index is 2.30. The van der Waals surface area contributed by atoms with Crippen LogP contribution in [0.15, 0.2) is 0 Å². The molecule has 0 amide bonds. The first kappa shape index (κ1) is 11.3. The highest BCUT2D eigenvalue weighted by Crippen LogP contribution is 2.22. The van der Waals surface area contributed by atoms with Crippen LogP contribution in [-0.4, -0.2) is 41.6 Å². The summed E-state index contributed by atoms with van der Waals surface area (Å²) in [6.45, 7) is 1.01. The van der Waals surface area contributed by atoms with E-state index in [1.54, 1.807) is 0 Å². The SMILES string of the molecule is CN(CCCCl)C1CCCCC1O. The van der Waals surface area contributed by atoms with E-state index in [-0.39, 0.29) is 6.10 Å². The van der Waals surface area contributed by atoms with Gasteiger partial charge in [-0.3, -0.25) is 0 Å². The van der Waals surface area contributed by atoms with Gasteiger partial charge >= 0.3 is 0 Å². The van der Waals surface area contributed by atoms with Gasteiger partial charge in [0.05, 0.1) is 6.10 Å². The van der Waals surface area contributed by atoms with Gasteiger partial charge in [-0.15, -0.1) is 11.6 Å². The van der Waals surface area contributed by atoms with E-state index in [1.807, 2.05) is 0 Å². The third-order valence-corrected chi connectivity index (χ3v) is 3.17. The first-order valence-electron chi connectivity index (χ1n) is 5.20. The summed E-state index contributed by atoms with van der Waals surface area (Å²) in [5.41, 5.74) is 0. The average Bonchev–Trinajstić information content (AvgIpc) is 2.15. The third-order valence-electron chi connectivity index (χ3n) is 2.90. The van der Waals surface area contributed by atoms with E-state index in [0.29, 0.717) is 11.9 Å². The van der Waals surface area contributed by atoms with Crippen molar-refractivity contribution in [2.24, 2.45) is 0 Å². The molecule has 1 fully saturated rings. The molecule has 0 aromatic heterocycles. The van der Waals surface area contributed by atoms with Crippen LogP contribution in [0, 0.1) is 0 Å². The van der Waals surface area contributed by atoms with Crippen molar-refractivity contribution in [2.45, 2.75) is 44.2 Å². The van der Waals surface area contributed by atoms with Crippen LogP contribution < -0.4 is 0 Å². The number of aliphatic hydroxyl groups is 1. The minimum atomic E-state index is -0.117. The largest absolute Gasteiger partial charge is 0.391 e. The average molecular weight is 206 g/mol. The molecule has 78 valence electrons. The highest BCUT2D eigenvalue weighted by Gasteiger charge is 2.25. The predicted molar refractivity (Wildman–Crippen MR) is 56.2 cm³/mol. The summed E-state index contributed by atoms with van der Waals surface area (Å²) in [4.78, 5) is 2.26. The highest BCUT2D eigenvalue weighted by atomic mass is 35.5. The molecule has 0 spiro atoms. The van der Waals surface area contributed by atoms with E-state index >= 15 is 0 Å². The summed E-state index contributed by atoms with van der Waals surface area (Å²) in [5.74, 6) is 0.715. The molecule has 0 aliphatic heterocycles. The van der Waals surface area contributed by atoms with Gasteiger partial charge in [-0.1, -0.05) is 12.8 Å². The molecule has 1 saturated carbocycles. The number of nitrogens with zero attached hydrogens (tertiary/aromatic N) is 1. The zero-order valence-corrected chi connectivity index (χ0v) is 9.13. The normalized spacial score (nSPS) is 29.5. The standard InChI is InChI=1S/C10H20ClNO/c1-12(8-4-7-11)9-5-2-3-6-10(9)13/h9-10,13H,2-8H2,1H3. The Kier molecular flexibility index (Phi) is 5.07. The number of hydrogen-bond donors (Lipinski definition) is 1. The maximum atomic E-state index is 9.76. The lowest BCUT2D eigenvalue weighted by molar-refractivity contribution is 0.0324. The zero-order chi connectivity index (χ0) is 9.68. The lowest BCUT2D eigenvalue weighted by atomic mass is 9.91. The number of halogens is 1. The molecule has 1 aliphatic rings. The Morgan fingerprint density at radius 1 is 1.38 bits per heavy atom. The molecule has 2 atom stereocenters. The Morgan fingerprint density at radius 2 is 2.08 bits per heavy atom. The Bertz CT molecular complexity index is 143. The summed E-state index contributed by atoms with van der Waals surface area (Å²) >= 11 is 5.63. The van der Waals surface area contributed by atoms with Gasteiger partial charge in [-0.25, -0.2) is 0 Å². The fraction of sp³-hybridized carbons (Fsp3) is 1.00. The van der Waals surface area contributed by atoms with Gasteiger partial charge in [0.2, 0.25) is 0 Å². The molecule has 0 aromatic rings. The molecular weight excluding hydrogens is 186 g/mol. The smallest absolute Gasteiger partial charge is 0.0695 e. The first-order valence-corrected chi connectivity index (χ1v) is 5.73. The van der Waals surface area contributed by atoms with Gasteiger partial charge in [0.15, 0.2) is 0 Å². The second-order valence-corrected chi connectivity index (χ2v) is 4.32. The topological polar surface area (TPSA) is 23.5 Å². The van der Waals surface area contributed by atoms with Crippen molar-refractivity contribution in [1.29, 1.82) is 0 Å². The van der Waals surface area contributed by atoms with E-state index in [4.69, 9.17) is 11.6 Å². The molecule has 0 heterocycles. The van der Waals surface area contributed by atoms with Crippen LogP contribution in [0.1, 0.15) is 32.1 Å². The van der Waals surface area contributed by atoms with Crippen LogP contribution in [0.4, 0.5) is 0 Å². The molecule has 1 aliphatic carbocycles. The highest BCUT2D eigenvalue weighted by molar-refractivity contribution is 6.17. The Hall–Kier alpha value is 0.210. The predicted octanol–water partition coefficient (Wildman–Crippen LogP) is 1.85. The molecule has 3 heteroatoms. The zero-order valence-electron chi connectivity index (χ0n) is 8.38. The number of hydrogen-bond acceptors (Lipinski definition) is 2. The van der Waals surface area contributed by atoms with E-state index < -0.39 is 0 Å². The molecular formula is C10H20ClNO. The van der Waals surface area contributed by atoms with Crippen molar-refractivity contribution >= 4 is 11.6 Å². The number of likely N-dealkylation sites (N-methyl/N-ethyl adjacent to an activating group) is 1. The summed E-state index contributed by atoms with van der Waals surface area (Å²) in [5, 5.41) is 9.76. The molecule has 1 rings (SSSR count). The lowest BCUT2D eigenvalue weighted by Gasteiger charge is -2.35. The van der Waals surface area contributed by atoms with E-state index in [2.05, 4.69) is 11.9 Å². The minimum Gasteiger partial charge on any atom is -0.391 e. The van der Waals surface area contributed by atoms with E-state index in [1.165, 1.54) is 12.8 Å². The first-order chi connectivity index (χ1) is 6.25. The van der Waals surface area contributed by atoms with Crippen LogP contribution >= 0.6 is 11.6 Å². The molecule has 0 aromatic carbocycles. The monoisotopic (exact) mass is 205 g/mol. The molecule has 2 nitrogen and oxygen atoms in total. The van der Waals surface area contributed by atoms with E-state index in [0.717, 1.165) is 25.8 Å². The second-order valence-electron chi connectivity index (χ2n) is 3.94. The van der Waals surface area contributed by atoms with Crippen LogP contribution in [0.2, 0.25) is 0 Å². The Morgan fingerprint density at radius 3 is 2.69 bits per heavy atom. The third kappa shape index (κ3) is 3.45. The van der Waals surface area contributed by atoms with Crippen molar-refractivity contribution in [3.05, 3.63) is 0 Å². The summed E-state index contributed by atoms with van der Waals surface area (Å²) in [7, 11) is 2.09. The van der Waals surface area contributed by atoms with Gasteiger partial charge in [-0.05, 0) is 32.9 Å². The van der Waals surface area contributed by atoms with Crippen LogP contribution in [0.5, 0.6) is 0 Å². The van der Waals surface area contributed by atoms with Crippen LogP contribution in [-0.2, 0) is 0 Å². The lowest BCUT2D eigenvalue weighted by Crippen LogP contribution is -2.43. The van der Waals surface area contributed by atoms with Crippen molar-refractivity contribution in [3.8, 4) is 0 Å². The van der Waals surface area contributed by atoms with Gasteiger partial charge in [-0.2, -0.15) is 0 Å². The maximum absolute atomic E-state index is 9.76. The molecule has 1 N–H and O–H groups in total. The number of alkyl halides is 1. The summed E-state index contributed by atoms with van der Waals surface area (Å²) in [6.07, 6.45) is 5.44. The van der Waals surface area contributed by atoms with Gasteiger partial charge < -0.3 is 10.0 Å². The molecule has 13 heavy (non-hydrogen) atoms. The van der Waals surface area contributed by atoms with Gasteiger partial charge in [0.25, 0.3) is 0 Å². The van der Waals surface area contributed by atoms with Gasteiger partial charge in [0.1, 0.15) is 0 Å². The van der Waals surface area contributed by atoms with Crippen LogP contribution in [0.3, 0.4) is 0 Å². The minimum absolute atomic E-state index is 0.117. The number of rotatable bonds is 4. The molecule has 0 bridgehead atoms. The van der Waals surface area contributed by atoms with Crippen molar-refractivity contribution in [3.63, 3.8) is 0 Å². The quantitative estimate of drug-likeness (QED) is 0.709. The van der Waals surface area contributed by atoms with Gasteiger partial charge in [0, 0.05) is 11.9 Å². The Labute approximate surface area is 85.9 Å². The van der Waals surface area contributed by atoms with E-state index in [9.17, 15) is 5.11 Å². The van der Waals surface area contributed by atoms with Crippen molar-refractivity contribution in [1.82, 2.24) is 4.90 Å². The second kappa shape index (κ2) is 5.84. The molecule has 0 radical (unpaired) electrons. The summed E-state index contributed by atoms with van der Waals surface area (Å²) < 4.78 is 0. The van der Waals surface area contributed by atoms with Crippen LogP contribution in [0.25, 0.3) is 0 Å². The summed E-state index contributed by atoms with van der Waals surface area (Å²) in [6, 6.07) is 0.372. The van der Waals surface area contributed by atoms with Crippen molar-refractivity contribution in [2.75, 3.05) is 19.5 Å². The van der Waals surface area contributed by atoms with Crippen molar-refractivity contribution < 1.29 is 5.11 Å². The number of aliphatic hydroxyl groups excluding tert-OH is 1. The molecule has 0 saturated heterocycles. The molecule has 2 unspecified atom stereocenters. The maximum Gasteiger partial charge on any atom is 0.0695 e. The fourth-order valence-electron chi connectivity index (χ4n) is 2.08.